The second-order valence-electron chi connectivity index (χ2n) is 6.25. The summed E-state index contributed by atoms with van der Waals surface area (Å²) in [7, 11) is 0. The molecular formula is C19H20N2O2S. The number of hydrogen-bond donors (Lipinski definition) is 0. The van der Waals surface area contributed by atoms with E-state index in [9.17, 15) is 4.79 Å². The third-order valence-electron chi connectivity index (χ3n) is 4.59. The van der Waals surface area contributed by atoms with Crippen molar-refractivity contribution in [3.63, 3.8) is 0 Å². The van der Waals surface area contributed by atoms with Crippen molar-refractivity contribution in [3.8, 4) is 0 Å². The van der Waals surface area contributed by atoms with Crippen molar-refractivity contribution >= 4 is 22.4 Å². The predicted octanol–water partition coefficient (Wildman–Crippen LogP) is 3.88. The van der Waals surface area contributed by atoms with Crippen molar-refractivity contribution in [3.05, 3.63) is 58.1 Å². The summed E-state index contributed by atoms with van der Waals surface area (Å²) in [6.45, 7) is 5.50. The number of benzene rings is 1. The summed E-state index contributed by atoms with van der Waals surface area (Å²) in [6, 6.07) is 5.84. The molecule has 0 radical (unpaired) electrons. The van der Waals surface area contributed by atoms with Crippen LogP contribution in [0.2, 0.25) is 0 Å². The van der Waals surface area contributed by atoms with Crippen molar-refractivity contribution in [1.82, 2.24) is 4.98 Å². The van der Waals surface area contributed by atoms with Crippen LogP contribution in [-0.2, 0) is 30.8 Å². The van der Waals surface area contributed by atoms with E-state index in [0.29, 0.717) is 25.3 Å². The number of carbonyl (C=O) groups excluding carboxylic acids is 1. The molecule has 1 aromatic heterocycles. The Morgan fingerprint density at radius 3 is 2.96 bits per heavy atom. The number of anilines is 1. The first-order chi connectivity index (χ1) is 11.8. The maximum atomic E-state index is 13.1. The first-order valence-corrected chi connectivity index (χ1v) is 9.19. The Balaban J connectivity index is 1.66. The summed E-state index contributed by atoms with van der Waals surface area (Å²) < 4.78 is 5.45. The van der Waals surface area contributed by atoms with Gasteiger partial charge in [0.15, 0.2) is 5.13 Å². The minimum Gasteiger partial charge on any atom is -0.372 e. The monoisotopic (exact) mass is 340 g/mol. The fourth-order valence-electron chi connectivity index (χ4n) is 3.29. The summed E-state index contributed by atoms with van der Waals surface area (Å²) >= 11 is 1.65. The molecule has 0 saturated carbocycles. The molecule has 1 aliphatic heterocycles. The molecule has 0 saturated heterocycles. The van der Waals surface area contributed by atoms with E-state index in [0.717, 1.165) is 23.5 Å². The molecule has 0 unspecified atom stereocenters. The highest BCUT2D eigenvalue weighted by Crippen LogP contribution is 2.32. The van der Waals surface area contributed by atoms with Crippen LogP contribution in [0.15, 0.2) is 30.9 Å². The third kappa shape index (κ3) is 2.78. The Hall–Kier alpha value is -1.98. The summed E-state index contributed by atoms with van der Waals surface area (Å²) in [5.41, 5.74) is 4.14. The lowest BCUT2D eigenvalue weighted by Gasteiger charge is -2.18. The van der Waals surface area contributed by atoms with E-state index in [2.05, 4.69) is 6.58 Å². The average molecular weight is 340 g/mol. The van der Waals surface area contributed by atoms with Crippen LogP contribution < -0.4 is 4.90 Å². The van der Waals surface area contributed by atoms with Gasteiger partial charge in [0.1, 0.15) is 0 Å². The zero-order valence-electron chi connectivity index (χ0n) is 13.6. The summed E-state index contributed by atoms with van der Waals surface area (Å²) in [5.74, 6) is -0.0179. The van der Waals surface area contributed by atoms with E-state index in [1.165, 1.54) is 29.0 Å². The van der Waals surface area contributed by atoms with E-state index < -0.39 is 0 Å². The number of carbonyl (C=O) groups is 1. The molecule has 0 N–H and O–H groups in total. The first kappa shape index (κ1) is 15.5. The van der Waals surface area contributed by atoms with Gasteiger partial charge in [0, 0.05) is 17.0 Å². The minimum absolute atomic E-state index is 0.0179. The Morgan fingerprint density at radius 1 is 1.29 bits per heavy atom. The van der Waals surface area contributed by atoms with Gasteiger partial charge in [-0.15, -0.1) is 17.9 Å². The number of rotatable bonds is 4. The van der Waals surface area contributed by atoms with Gasteiger partial charge >= 0.3 is 0 Å². The van der Waals surface area contributed by atoms with Crippen LogP contribution in [0, 0.1) is 0 Å². The van der Waals surface area contributed by atoms with Gasteiger partial charge in [-0.2, -0.15) is 0 Å². The highest BCUT2D eigenvalue weighted by molar-refractivity contribution is 7.16. The lowest BCUT2D eigenvalue weighted by atomic mass is 10.0. The molecule has 2 aromatic rings. The van der Waals surface area contributed by atoms with E-state index in [4.69, 9.17) is 9.72 Å². The van der Waals surface area contributed by atoms with Crippen LogP contribution in [0.5, 0.6) is 0 Å². The van der Waals surface area contributed by atoms with Gasteiger partial charge in [-0.25, -0.2) is 4.98 Å². The van der Waals surface area contributed by atoms with Crippen LogP contribution in [0.1, 0.15) is 44.9 Å². The van der Waals surface area contributed by atoms with Crippen molar-refractivity contribution in [2.45, 2.75) is 38.9 Å². The molecular weight excluding hydrogens is 320 g/mol. The van der Waals surface area contributed by atoms with Crippen LogP contribution >= 0.6 is 11.3 Å². The Bertz CT molecular complexity index is 773. The molecule has 2 aliphatic rings. The lowest BCUT2D eigenvalue weighted by molar-refractivity contribution is 0.0989. The van der Waals surface area contributed by atoms with Crippen LogP contribution in [0.4, 0.5) is 5.13 Å². The molecule has 1 aliphatic carbocycles. The molecule has 24 heavy (non-hydrogen) atoms. The molecule has 5 heteroatoms. The predicted molar refractivity (Wildman–Crippen MR) is 95.6 cm³/mol. The van der Waals surface area contributed by atoms with Gasteiger partial charge in [0.2, 0.25) is 0 Å². The number of nitrogens with zero attached hydrogens (tertiary/aromatic N) is 2. The zero-order chi connectivity index (χ0) is 16.5. The summed E-state index contributed by atoms with van der Waals surface area (Å²) in [6.07, 6.45) is 6.28. The van der Waals surface area contributed by atoms with E-state index in [-0.39, 0.29) is 5.91 Å². The molecule has 2 heterocycles. The molecule has 4 rings (SSSR count). The number of thiazole rings is 1. The van der Waals surface area contributed by atoms with Crippen molar-refractivity contribution in [2.75, 3.05) is 11.4 Å². The fourth-order valence-corrected chi connectivity index (χ4v) is 4.45. The Labute approximate surface area is 145 Å². The van der Waals surface area contributed by atoms with Gasteiger partial charge in [-0.05, 0) is 48.9 Å². The van der Waals surface area contributed by atoms with E-state index in [1.54, 1.807) is 22.3 Å². The normalized spacial score (nSPS) is 15.7. The van der Waals surface area contributed by atoms with Gasteiger partial charge in [-0.3, -0.25) is 9.69 Å². The number of hydrogen-bond acceptors (Lipinski definition) is 4. The Morgan fingerprint density at radius 2 is 2.12 bits per heavy atom. The van der Waals surface area contributed by atoms with Gasteiger partial charge in [0.25, 0.3) is 5.91 Å². The highest BCUT2D eigenvalue weighted by Gasteiger charge is 2.24. The third-order valence-corrected chi connectivity index (χ3v) is 5.77. The number of aromatic nitrogens is 1. The van der Waals surface area contributed by atoms with Crippen molar-refractivity contribution in [2.24, 2.45) is 0 Å². The topological polar surface area (TPSA) is 42.4 Å². The molecule has 1 aromatic carbocycles. The van der Waals surface area contributed by atoms with Gasteiger partial charge in [0.05, 0.1) is 18.9 Å². The average Bonchev–Trinajstić information content (AvgIpc) is 3.24. The van der Waals surface area contributed by atoms with Crippen molar-refractivity contribution < 1.29 is 9.53 Å². The molecule has 4 nitrogen and oxygen atoms in total. The van der Waals surface area contributed by atoms with Crippen molar-refractivity contribution in [1.29, 1.82) is 0 Å². The second kappa shape index (κ2) is 6.49. The molecule has 0 fully saturated rings. The zero-order valence-corrected chi connectivity index (χ0v) is 14.4. The number of amides is 1. The first-order valence-electron chi connectivity index (χ1n) is 8.37. The van der Waals surface area contributed by atoms with Crippen LogP contribution in [0.25, 0.3) is 0 Å². The second-order valence-corrected chi connectivity index (χ2v) is 7.32. The summed E-state index contributed by atoms with van der Waals surface area (Å²) in [5, 5.41) is 0.795. The smallest absolute Gasteiger partial charge is 0.260 e. The number of ether oxygens (including phenoxy) is 1. The Kier molecular flexibility index (Phi) is 4.21. The molecule has 0 spiro atoms. The molecule has 124 valence electrons. The van der Waals surface area contributed by atoms with Crippen LogP contribution in [-0.4, -0.2) is 17.4 Å². The van der Waals surface area contributed by atoms with Gasteiger partial charge < -0.3 is 4.74 Å². The van der Waals surface area contributed by atoms with E-state index >= 15 is 0 Å². The lowest BCUT2D eigenvalue weighted by Crippen LogP contribution is -2.31. The number of aryl methyl sites for hydroxylation is 2. The largest absolute Gasteiger partial charge is 0.372 e. The van der Waals surface area contributed by atoms with E-state index in [1.807, 2.05) is 18.2 Å². The molecule has 0 atom stereocenters. The fraction of sp³-hybridized carbons (Fsp3) is 0.368. The number of fused-ring (bicyclic) bond motifs is 2. The highest BCUT2D eigenvalue weighted by atomic mass is 32.1. The maximum Gasteiger partial charge on any atom is 0.260 e. The van der Waals surface area contributed by atoms with Gasteiger partial charge in [-0.1, -0.05) is 12.1 Å². The van der Waals surface area contributed by atoms with Crippen LogP contribution in [0.3, 0.4) is 0 Å². The standard InChI is InChI=1S/C19H20N2O2S/c1-2-9-21(19-20-16-5-3-4-6-17(16)24-19)18(22)13-7-8-14-11-23-12-15(14)10-13/h2,7-8,10H,1,3-6,9,11-12H2. The summed E-state index contributed by atoms with van der Waals surface area (Å²) in [4.78, 5) is 20.9. The maximum absolute atomic E-state index is 13.1. The quantitative estimate of drug-likeness (QED) is 0.793. The minimum atomic E-state index is -0.0179. The molecule has 0 bridgehead atoms. The SMILES string of the molecule is C=CCN(C(=O)c1ccc2c(c1)COC2)c1nc2c(s1)CCCC2. The molecule has 1 amide bonds.